The summed E-state index contributed by atoms with van der Waals surface area (Å²) in [5.41, 5.74) is 6.61. The van der Waals surface area contributed by atoms with E-state index in [1.54, 1.807) is 12.1 Å². The van der Waals surface area contributed by atoms with Gasteiger partial charge in [-0.2, -0.15) is 0 Å². The third-order valence-corrected chi connectivity index (χ3v) is 9.37. The Morgan fingerprint density at radius 1 is 0.353 bits per heavy atom. The van der Waals surface area contributed by atoms with Crippen molar-refractivity contribution in [2.24, 2.45) is 0 Å². The molecule has 0 amide bonds. The molecular weight excluding hydrogens is 623 g/mol. The first-order chi connectivity index (χ1) is 27.3. The van der Waals surface area contributed by atoms with Gasteiger partial charge in [-0.15, -0.1) is 0 Å². The molecule has 0 unspecified atom stereocenters. The molecule has 10 rings (SSSR count). The molecule has 0 N–H and O–H groups in total. The summed E-state index contributed by atoms with van der Waals surface area (Å²) in [7, 11) is 0. The molecule has 0 aliphatic rings. The first-order valence-corrected chi connectivity index (χ1v) is 16.7. The predicted molar refractivity (Wildman–Crippen MR) is 209 cm³/mol. The van der Waals surface area contributed by atoms with Crippen molar-refractivity contribution in [3.8, 4) is 56.4 Å². The summed E-state index contributed by atoms with van der Waals surface area (Å²) in [5.74, 6) is 1.59. The Morgan fingerprint density at radius 3 is 1.61 bits per heavy atom. The van der Waals surface area contributed by atoms with E-state index in [2.05, 4.69) is 54.6 Å². The van der Waals surface area contributed by atoms with E-state index in [1.807, 2.05) is 78.9 Å². The Bertz CT molecular complexity index is 3180. The normalized spacial score (nSPS) is 12.9. The lowest BCUT2D eigenvalue weighted by molar-refractivity contribution is 0.669. The minimum absolute atomic E-state index is 0.171. The van der Waals surface area contributed by atoms with Crippen LogP contribution in [0, 0.1) is 0 Å². The summed E-state index contributed by atoms with van der Waals surface area (Å²) in [4.78, 5) is 15.2. The standard InChI is InChI=1S/C47H29N3O/c1-2-9-30(10-3-1)32-17-19-33(20-18-32)35-15-8-16-38(25-35)45-48-46(39-22-21-31-11-4-5-12-34(31)26-39)50-47(49-45)40-23-24-43-41(28-40)42-27-36-13-6-7-14-37(36)29-44(42)51-43/h1-29H/i1D,2D,3D,9D,10D. The van der Waals surface area contributed by atoms with Gasteiger partial charge in [-0.05, 0) is 86.3 Å². The zero-order chi connectivity index (χ0) is 38.1. The highest BCUT2D eigenvalue weighted by atomic mass is 16.3. The highest BCUT2D eigenvalue weighted by molar-refractivity contribution is 6.10. The van der Waals surface area contributed by atoms with Crippen LogP contribution in [0.15, 0.2) is 180 Å². The maximum Gasteiger partial charge on any atom is 0.164 e. The Kier molecular flexibility index (Phi) is 5.66. The molecule has 0 bridgehead atoms. The lowest BCUT2D eigenvalue weighted by Crippen LogP contribution is -2.00. The topological polar surface area (TPSA) is 51.8 Å². The van der Waals surface area contributed by atoms with Gasteiger partial charge in [0, 0.05) is 27.5 Å². The van der Waals surface area contributed by atoms with E-state index in [1.165, 1.54) is 0 Å². The largest absolute Gasteiger partial charge is 0.456 e. The van der Waals surface area contributed by atoms with Crippen LogP contribution in [0.2, 0.25) is 0 Å². The monoisotopic (exact) mass is 656 g/mol. The van der Waals surface area contributed by atoms with Gasteiger partial charge < -0.3 is 4.42 Å². The van der Waals surface area contributed by atoms with Crippen molar-refractivity contribution < 1.29 is 11.3 Å². The van der Waals surface area contributed by atoms with E-state index in [9.17, 15) is 0 Å². The fraction of sp³-hybridized carbons (Fsp3) is 0. The summed E-state index contributed by atoms with van der Waals surface area (Å²) in [6, 6.07) is 46.7. The van der Waals surface area contributed by atoms with E-state index >= 15 is 0 Å². The zero-order valence-corrected chi connectivity index (χ0v) is 27.1. The molecule has 10 aromatic rings. The van der Waals surface area contributed by atoms with Gasteiger partial charge in [-0.25, -0.2) is 15.0 Å². The average molecular weight is 657 g/mol. The molecule has 0 saturated carbocycles. The van der Waals surface area contributed by atoms with Crippen LogP contribution in [0.1, 0.15) is 6.85 Å². The van der Waals surface area contributed by atoms with Gasteiger partial charge in [0.2, 0.25) is 0 Å². The molecule has 51 heavy (non-hydrogen) atoms. The Hall–Kier alpha value is -6.91. The molecule has 8 aromatic carbocycles. The van der Waals surface area contributed by atoms with E-state index in [4.69, 9.17) is 26.2 Å². The Morgan fingerprint density at radius 2 is 0.882 bits per heavy atom. The molecule has 0 radical (unpaired) electrons. The molecule has 0 spiro atoms. The molecule has 4 heteroatoms. The van der Waals surface area contributed by atoms with Gasteiger partial charge in [0.1, 0.15) is 11.2 Å². The van der Waals surface area contributed by atoms with Crippen LogP contribution < -0.4 is 0 Å². The van der Waals surface area contributed by atoms with E-state index in [0.717, 1.165) is 71.3 Å². The number of benzene rings is 8. The van der Waals surface area contributed by atoms with Gasteiger partial charge in [0.25, 0.3) is 0 Å². The maximum atomic E-state index is 8.41. The van der Waals surface area contributed by atoms with Crippen LogP contribution in [-0.2, 0) is 0 Å². The lowest BCUT2D eigenvalue weighted by Gasteiger charge is -2.11. The van der Waals surface area contributed by atoms with Crippen LogP contribution in [0.4, 0.5) is 0 Å². The van der Waals surface area contributed by atoms with Crippen LogP contribution in [0.25, 0.3) is 99.9 Å². The first kappa shape index (κ1) is 24.3. The van der Waals surface area contributed by atoms with Gasteiger partial charge in [0.05, 0.1) is 6.85 Å². The Balaban J connectivity index is 1.09. The fourth-order valence-corrected chi connectivity index (χ4v) is 6.75. The van der Waals surface area contributed by atoms with Crippen LogP contribution in [-0.4, -0.2) is 15.0 Å². The van der Waals surface area contributed by atoms with E-state index < -0.39 is 6.04 Å². The van der Waals surface area contributed by atoms with Crippen molar-refractivity contribution in [3.63, 3.8) is 0 Å². The number of aromatic nitrogens is 3. The average Bonchev–Trinajstić information content (AvgIpc) is 3.60. The van der Waals surface area contributed by atoms with Crippen molar-refractivity contribution in [2.45, 2.75) is 0 Å². The zero-order valence-electron chi connectivity index (χ0n) is 32.1. The lowest BCUT2D eigenvalue weighted by atomic mass is 9.99. The van der Waals surface area contributed by atoms with Crippen molar-refractivity contribution in [1.29, 1.82) is 0 Å². The second-order valence-electron chi connectivity index (χ2n) is 12.5. The summed E-state index contributed by atoms with van der Waals surface area (Å²) in [6.07, 6.45) is 0. The van der Waals surface area contributed by atoms with Gasteiger partial charge in [-0.1, -0.05) is 133 Å². The van der Waals surface area contributed by atoms with Crippen LogP contribution in [0.3, 0.4) is 0 Å². The number of fused-ring (bicyclic) bond motifs is 5. The summed E-state index contributed by atoms with van der Waals surface area (Å²) >= 11 is 0. The minimum Gasteiger partial charge on any atom is -0.456 e. The third-order valence-electron chi connectivity index (χ3n) is 9.37. The number of nitrogens with zero attached hydrogens (tertiary/aromatic N) is 3. The minimum atomic E-state index is -0.410. The molecule has 0 saturated heterocycles. The number of furan rings is 1. The summed E-state index contributed by atoms with van der Waals surface area (Å²) in [6.45, 7) is 0. The number of hydrogen-bond acceptors (Lipinski definition) is 4. The van der Waals surface area contributed by atoms with Crippen molar-refractivity contribution in [1.82, 2.24) is 15.0 Å². The summed E-state index contributed by atoms with van der Waals surface area (Å²) in [5, 5.41) is 6.47. The molecule has 0 aliphatic carbocycles. The molecule has 0 aliphatic heterocycles. The van der Waals surface area contributed by atoms with Crippen LogP contribution >= 0.6 is 0 Å². The quantitative estimate of drug-likeness (QED) is 0.185. The smallest absolute Gasteiger partial charge is 0.164 e. The molecule has 4 nitrogen and oxygen atoms in total. The van der Waals surface area contributed by atoms with Crippen molar-refractivity contribution in [3.05, 3.63) is 176 Å². The van der Waals surface area contributed by atoms with E-state index in [0.29, 0.717) is 23.0 Å². The van der Waals surface area contributed by atoms with Crippen molar-refractivity contribution in [2.75, 3.05) is 0 Å². The summed E-state index contributed by atoms with van der Waals surface area (Å²) < 4.78 is 47.3. The molecule has 2 heterocycles. The Labute approximate surface area is 301 Å². The molecule has 2 aromatic heterocycles. The second-order valence-corrected chi connectivity index (χ2v) is 12.5. The van der Waals surface area contributed by atoms with Gasteiger partial charge in [0.15, 0.2) is 17.5 Å². The first-order valence-electron chi connectivity index (χ1n) is 19.2. The SMILES string of the molecule is [2H]c1c([2H])c([2H])c(-c2ccc(-c3cccc(-c4nc(-c5ccc6ccccc6c5)nc(-c5ccc6oc7cc8ccccc8cc7c6c5)n4)c3)cc2)c([2H])c1[2H]. The van der Waals surface area contributed by atoms with Gasteiger partial charge >= 0.3 is 0 Å². The highest BCUT2D eigenvalue weighted by Gasteiger charge is 2.16. The fourth-order valence-electron chi connectivity index (χ4n) is 6.75. The maximum absolute atomic E-state index is 8.41. The second kappa shape index (κ2) is 11.9. The predicted octanol–water partition coefficient (Wildman–Crippen LogP) is 12.4. The van der Waals surface area contributed by atoms with Crippen LogP contribution in [0.5, 0.6) is 0 Å². The highest BCUT2D eigenvalue weighted by Crippen LogP contribution is 2.36. The number of hydrogen-bond donors (Lipinski definition) is 0. The molecule has 238 valence electrons. The molecular formula is C47H29N3O. The molecule has 0 fully saturated rings. The van der Waals surface area contributed by atoms with E-state index in [-0.39, 0.29) is 29.7 Å². The number of rotatable bonds is 5. The molecule has 0 atom stereocenters. The van der Waals surface area contributed by atoms with Crippen molar-refractivity contribution >= 4 is 43.5 Å². The van der Waals surface area contributed by atoms with Gasteiger partial charge in [-0.3, -0.25) is 0 Å². The third kappa shape index (κ3) is 5.31.